The van der Waals surface area contributed by atoms with Crippen LogP contribution in [0.15, 0.2) is 12.1 Å². The molecule has 1 heteroatoms. The Morgan fingerprint density at radius 1 is 1.00 bits per heavy atom. The van der Waals surface area contributed by atoms with Crippen molar-refractivity contribution in [3.63, 3.8) is 0 Å². The zero-order valence-electron chi connectivity index (χ0n) is 10.2. The molecule has 14 heavy (non-hydrogen) atoms. The SMILES string of the molecule is CC.Cc1cc(C(C)C)cc(C)c1O. The van der Waals surface area contributed by atoms with Gasteiger partial charge in [0.2, 0.25) is 0 Å². The fraction of sp³-hybridized carbons (Fsp3) is 0.538. The zero-order valence-corrected chi connectivity index (χ0v) is 10.2. The van der Waals surface area contributed by atoms with Gasteiger partial charge in [-0.1, -0.05) is 39.8 Å². The molecular weight excluding hydrogens is 172 g/mol. The maximum Gasteiger partial charge on any atom is 0.121 e. The molecule has 1 nitrogen and oxygen atoms in total. The van der Waals surface area contributed by atoms with Gasteiger partial charge in [0.05, 0.1) is 0 Å². The van der Waals surface area contributed by atoms with Crippen molar-refractivity contribution in [2.45, 2.75) is 47.5 Å². The molecule has 0 saturated carbocycles. The maximum atomic E-state index is 9.51. The molecule has 0 aliphatic heterocycles. The van der Waals surface area contributed by atoms with Crippen molar-refractivity contribution in [1.82, 2.24) is 0 Å². The lowest BCUT2D eigenvalue weighted by Crippen LogP contribution is -1.90. The number of hydrogen-bond acceptors (Lipinski definition) is 1. The van der Waals surface area contributed by atoms with Crippen LogP contribution in [0.25, 0.3) is 0 Å². The molecule has 0 unspecified atom stereocenters. The van der Waals surface area contributed by atoms with Crippen LogP contribution < -0.4 is 0 Å². The van der Waals surface area contributed by atoms with Gasteiger partial charge in [-0.25, -0.2) is 0 Å². The molecule has 1 aromatic carbocycles. The summed E-state index contributed by atoms with van der Waals surface area (Å²) in [6.45, 7) is 12.2. The first kappa shape index (κ1) is 13.0. The lowest BCUT2D eigenvalue weighted by atomic mass is 9.98. The van der Waals surface area contributed by atoms with E-state index in [0.29, 0.717) is 11.7 Å². The van der Waals surface area contributed by atoms with Gasteiger partial charge in [-0.2, -0.15) is 0 Å². The first-order valence-electron chi connectivity index (χ1n) is 5.32. The summed E-state index contributed by atoms with van der Waals surface area (Å²) in [7, 11) is 0. The second-order valence-corrected chi connectivity index (χ2v) is 3.66. The van der Waals surface area contributed by atoms with Crippen molar-refractivity contribution in [2.24, 2.45) is 0 Å². The third-order valence-electron chi connectivity index (χ3n) is 2.18. The molecule has 1 aromatic rings. The molecule has 1 rings (SSSR count). The predicted molar refractivity (Wildman–Crippen MR) is 63.0 cm³/mol. The molecule has 80 valence electrons. The van der Waals surface area contributed by atoms with Crippen molar-refractivity contribution in [2.75, 3.05) is 0 Å². The first-order chi connectivity index (χ1) is 6.52. The summed E-state index contributed by atoms with van der Waals surface area (Å²) in [6.07, 6.45) is 0. The van der Waals surface area contributed by atoms with E-state index in [1.54, 1.807) is 0 Å². The van der Waals surface area contributed by atoms with E-state index in [1.807, 2.05) is 39.8 Å². The van der Waals surface area contributed by atoms with E-state index in [-0.39, 0.29) is 0 Å². The number of rotatable bonds is 1. The second kappa shape index (κ2) is 5.69. The summed E-state index contributed by atoms with van der Waals surface area (Å²) >= 11 is 0. The van der Waals surface area contributed by atoms with Gasteiger partial charge >= 0.3 is 0 Å². The maximum absolute atomic E-state index is 9.51. The van der Waals surface area contributed by atoms with Gasteiger partial charge in [-0.05, 0) is 36.5 Å². The smallest absolute Gasteiger partial charge is 0.121 e. The highest BCUT2D eigenvalue weighted by Gasteiger charge is 2.05. The van der Waals surface area contributed by atoms with Crippen LogP contribution in [-0.2, 0) is 0 Å². The molecule has 0 bridgehead atoms. The van der Waals surface area contributed by atoms with Crippen LogP contribution in [0.4, 0.5) is 0 Å². The van der Waals surface area contributed by atoms with E-state index in [4.69, 9.17) is 0 Å². The number of aromatic hydroxyl groups is 1. The molecule has 0 aromatic heterocycles. The molecular formula is C13H22O. The highest BCUT2D eigenvalue weighted by molar-refractivity contribution is 5.42. The van der Waals surface area contributed by atoms with Crippen LogP contribution in [0.5, 0.6) is 5.75 Å². The number of hydrogen-bond donors (Lipinski definition) is 1. The quantitative estimate of drug-likeness (QED) is 0.711. The summed E-state index contributed by atoms with van der Waals surface area (Å²) in [5.74, 6) is 0.961. The van der Waals surface area contributed by atoms with E-state index < -0.39 is 0 Å². The molecule has 1 N–H and O–H groups in total. The predicted octanol–water partition coefficient (Wildman–Crippen LogP) is 4.16. The third kappa shape index (κ3) is 3.06. The fourth-order valence-corrected chi connectivity index (χ4v) is 1.32. The molecule has 0 amide bonds. The lowest BCUT2D eigenvalue weighted by molar-refractivity contribution is 0.466. The molecule has 0 heterocycles. The van der Waals surface area contributed by atoms with Crippen molar-refractivity contribution in [3.8, 4) is 5.75 Å². The van der Waals surface area contributed by atoms with E-state index in [0.717, 1.165) is 11.1 Å². The number of phenols is 1. The Morgan fingerprint density at radius 2 is 1.36 bits per heavy atom. The molecule has 0 saturated heterocycles. The summed E-state index contributed by atoms with van der Waals surface area (Å²) in [6, 6.07) is 4.10. The highest BCUT2D eigenvalue weighted by atomic mass is 16.3. The van der Waals surface area contributed by atoms with Gasteiger partial charge in [0.15, 0.2) is 0 Å². The van der Waals surface area contributed by atoms with E-state index in [2.05, 4.69) is 13.8 Å². The standard InChI is InChI=1S/C11H16O.C2H6/c1-7(2)10-5-8(3)11(12)9(4)6-10;1-2/h5-7,12H,1-4H3;1-2H3. The Labute approximate surface area is 87.8 Å². The lowest BCUT2D eigenvalue weighted by Gasteiger charge is -2.10. The molecule has 0 fully saturated rings. The Kier molecular flexibility index (Phi) is 5.29. The molecule has 0 spiro atoms. The van der Waals surface area contributed by atoms with Crippen LogP contribution in [0.1, 0.15) is 50.3 Å². The summed E-state index contributed by atoms with van der Waals surface area (Å²) in [5.41, 5.74) is 3.24. The summed E-state index contributed by atoms with van der Waals surface area (Å²) in [5, 5.41) is 9.51. The van der Waals surface area contributed by atoms with Gasteiger partial charge in [-0.3, -0.25) is 0 Å². The largest absolute Gasteiger partial charge is 0.507 e. The minimum atomic E-state index is 0.430. The Bertz CT molecular complexity index is 264. The first-order valence-corrected chi connectivity index (χ1v) is 5.32. The van der Waals surface area contributed by atoms with Crippen molar-refractivity contribution in [1.29, 1.82) is 0 Å². The highest BCUT2D eigenvalue weighted by Crippen LogP contribution is 2.26. The normalized spacial score (nSPS) is 9.64. The third-order valence-corrected chi connectivity index (χ3v) is 2.18. The van der Waals surface area contributed by atoms with Crippen LogP contribution >= 0.6 is 0 Å². The number of benzene rings is 1. The minimum absolute atomic E-state index is 0.430. The average Bonchev–Trinajstić information content (AvgIpc) is 2.16. The van der Waals surface area contributed by atoms with E-state index >= 15 is 0 Å². The van der Waals surface area contributed by atoms with Gasteiger partial charge in [0.25, 0.3) is 0 Å². The topological polar surface area (TPSA) is 20.2 Å². The molecule has 0 aliphatic carbocycles. The van der Waals surface area contributed by atoms with Gasteiger partial charge in [0, 0.05) is 0 Å². The second-order valence-electron chi connectivity index (χ2n) is 3.66. The van der Waals surface area contributed by atoms with Gasteiger partial charge < -0.3 is 5.11 Å². The van der Waals surface area contributed by atoms with E-state index in [1.165, 1.54) is 5.56 Å². The molecule has 0 radical (unpaired) electrons. The molecule has 0 atom stereocenters. The fourth-order valence-electron chi connectivity index (χ4n) is 1.32. The van der Waals surface area contributed by atoms with Crippen LogP contribution in [-0.4, -0.2) is 5.11 Å². The van der Waals surface area contributed by atoms with Gasteiger partial charge in [-0.15, -0.1) is 0 Å². The molecule has 0 aliphatic rings. The number of phenolic OH excluding ortho intramolecular Hbond substituents is 1. The van der Waals surface area contributed by atoms with Crippen molar-refractivity contribution in [3.05, 3.63) is 28.8 Å². The van der Waals surface area contributed by atoms with E-state index in [9.17, 15) is 5.11 Å². The van der Waals surface area contributed by atoms with Gasteiger partial charge in [0.1, 0.15) is 5.75 Å². The van der Waals surface area contributed by atoms with Crippen molar-refractivity contribution < 1.29 is 5.11 Å². The Morgan fingerprint density at radius 3 is 1.64 bits per heavy atom. The monoisotopic (exact) mass is 194 g/mol. The minimum Gasteiger partial charge on any atom is -0.507 e. The Hall–Kier alpha value is -0.980. The summed E-state index contributed by atoms with van der Waals surface area (Å²) in [4.78, 5) is 0. The average molecular weight is 194 g/mol. The van der Waals surface area contributed by atoms with Crippen LogP contribution in [0, 0.1) is 13.8 Å². The van der Waals surface area contributed by atoms with Crippen molar-refractivity contribution >= 4 is 0 Å². The Balaban J connectivity index is 0.000000791. The van der Waals surface area contributed by atoms with Crippen LogP contribution in [0.2, 0.25) is 0 Å². The van der Waals surface area contributed by atoms with Crippen LogP contribution in [0.3, 0.4) is 0 Å². The number of aryl methyl sites for hydroxylation is 2. The summed E-state index contributed by atoms with van der Waals surface area (Å²) < 4.78 is 0. The zero-order chi connectivity index (χ0) is 11.3.